The van der Waals surface area contributed by atoms with E-state index in [2.05, 4.69) is 20.7 Å². The summed E-state index contributed by atoms with van der Waals surface area (Å²) >= 11 is 0. The third-order valence-corrected chi connectivity index (χ3v) is 4.11. The number of nitrogens with zero attached hydrogens (tertiary/aromatic N) is 4. The van der Waals surface area contributed by atoms with Gasteiger partial charge in [0.1, 0.15) is 11.5 Å². The zero-order valence-corrected chi connectivity index (χ0v) is 13.1. The van der Waals surface area contributed by atoms with Crippen LogP contribution in [0.5, 0.6) is 0 Å². The molecule has 0 fully saturated rings. The van der Waals surface area contributed by atoms with E-state index in [1.54, 1.807) is 31.4 Å². The van der Waals surface area contributed by atoms with Gasteiger partial charge in [0.2, 0.25) is 0 Å². The normalized spacial score (nSPS) is 13.4. The number of benzene rings is 1. The van der Waals surface area contributed by atoms with Gasteiger partial charge in [-0.2, -0.15) is 5.10 Å². The largest absolute Gasteiger partial charge is 0.368 e. The number of amides is 1. The molecule has 0 saturated carbocycles. The summed E-state index contributed by atoms with van der Waals surface area (Å²) in [7, 11) is 1.64. The van der Waals surface area contributed by atoms with Crippen molar-refractivity contribution in [2.75, 3.05) is 17.2 Å². The number of nitrogens with one attached hydrogen (secondary N) is 2. The monoisotopic (exact) mass is 324 g/mol. The smallest absolute Gasteiger partial charge is 0.260 e. The Labute approximate surface area is 137 Å². The van der Waals surface area contributed by atoms with Crippen molar-refractivity contribution in [2.24, 2.45) is 7.05 Å². The predicted molar refractivity (Wildman–Crippen MR) is 90.3 cm³/mol. The molecule has 0 atom stereocenters. The van der Waals surface area contributed by atoms with Crippen molar-refractivity contribution < 1.29 is 4.79 Å². The molecule has 0 unspecified atom stereocenters. The fraction of sp³-hybridized carbons (Fsp3) is 0.250. The van der Waals surface area contributed by atoms with Crippen LogP contribution in [0.2, 0.25) is 0 Å². The van der Waals surface area contributed by atoms with Gasteiger partial charge in [0.15, 0.2) is 0 Å². The zero-order chi connectivity index (χ0) is 16.7. The van der Waals surface area contributed by atoms with Crippen molar-refractivity contribution in [1.82, 2.24) is 19.3 Å². The molecule has 1 aromatic carbocycles. The Bertz CT molecular complexity index is 1000. The molecular weight excluding hydrogens is 308 g/mol. The highest BCUT2D eigenvalue weighted by molar-refractivity contribution is 6.07. The molecule has 3 aromatic rings. The average molecular weight is 324 g/mol. The number of rotatable bonds is 2. The number of aryl methyl sites for hydroxylation is 2. The lowest BCUT2D eigenvalue weighted by atomic mass is 10.1. The van der Waals surface area contributed by atoms with E-state index in [0.29, 0.717) is 22.2 Å². The minimum Gasteiger partial charge on any atom is -0.368 e. The van der Waals surface area contributed by atoms with E-state index < -0.39 is 0 Å². The lowest BCUT2D eigenvalue weighted by Gasteiger charge is -2.17. The zero-order valence-electron chi connectivity index (χ0n) is 13.1. The number of fused-ring (bicyclic) bond motifs is 2. The Morgan fingerprint density at radius 1 is 1.38 bits per heavy atom. The lowest BCUT2D eigenvalue weighted by molar-refractivity contribution is 0.102. The Morgan fingerprint density at radius 3 is 3.12 bits per heavy atom. The van der Waals surface area contributed by atoms with E-state index in [1.165, 1.54) is 10.9 Å². The molecule has 1 aliphatic heterocycles. The van der Waals surface area contributed by atoms with Crippen LogP contribution in [0.4, 0.5) is 11.5 Å². The first kappa shape index (κ1) is 14.4. The maximum atomic E-state index is 12.5. The fourth-order valence-electron chi connectivity index (χ4n) is 2.81. The van der Waals surface area contributed by atoms with Crippen molar-refractivity contribution in [3.63, 3.8) is 0 Å². The van der Waals surface area contributed by atoms with Crippen LogP contribution in [-0.4, -0.2) is 31.8 Å². The second-order valence-electron chi connectivity index (χ2n) is 5.76. The molecule has 0 saturated heterocycles. The molecule has 0 spiro atoms. The van der Waals surface area contributed by atoms with E-state index in [9.17, 15) is 9.59 Å². The van der Waals surface area contributed by atoms with E-state index in [0.717, 1.165) is 25.3 Å². The number of carbonyl (C=O) groups excluding carboxylic acids is 1. The van der Waals surface area contributed by atoms with Crippen molar-refractivity contribution in [2.45, 2.75) is 13.0 Å². The van der Waals surface area contributed by atoms with Crippen LogP contribution in [0.15, 0.2) is 35.5 Å². The molecule has 8 nitrogen and oxygen atoms in total. The van der Waals surface area contributed by atoms with E-state index >= 15 is 0 Å². The molecule has 122 valence electrons. The molecule has 8 heteroatoms. The quantitative estimate of drug-likeness (QED) is 0.739. The third-order valence-electron chi connectivity index (χ3n) is 4.11. The molecule has 3 heterocycles. The molecule has 24 heavy (non-hydrogen) atoms. The summed E-state index contributed by atoms with van der Waals surface area (Å²) in [5.74, 6) is 0.560. The topological polar surface area (TPSA) is 93.8 Å². The predicted octanol–water partition coefficient (Wildman–Crippen LogP) is 1.20. The minimum atomic E-state index is -0.262. The Balaban J connectivity index is 1.65. The highest BCUT2D eigenvalue weighted by atomic mass is 16.1. The molecule has 1 aliphatic rings. The Morgan fingerprint density at radius 2 is 2.25 bits per heavy atom. The van der Waals surface area contributed by atoms with Gasteiger partial charge in [-0.3, -0.25) is 9.59 Å². The molecule has 1 amide bonds. The summed E-state index contributed by atoms with van der Waals surface area (Å²) in [6.45, 7) is 1.69. The van der Waals surface area contributed by atoms with E-state index in [1.807, 2.05) is 4.68 Å². The summed E-state index contributed by atoms with van der Waals surface area (Å²) < 4.78 is 3.25. The summed E-state index contributed by atoms with van der Waals surface area (Å²) in [5.41, 5.74) is 1.46. The summed E-state index contributed by atoms with van der Waals surface area (Å²) in [5, 5.41) is 10.8. The van der Waals surface area contributed by atoms with Crippen LogP contribution in [0.3, 0.4) is 0 Å². The average Bonchev–Trinajstić information content (AvgIpc) is 3.01. The van der Waals surface area contributed by atoms with Gasteiger partial charge < -0.3 is 15.2 Å². The van der Waals surface area contributed by atoms with Gasteiger partial charge in [0.25, 0.3) is 11.5 Å². The van der Waals surface area contributed by atoms with Crippen LogP contribution in [-0.2, 0) is 13.6 Å². The molecule has 0 aliphatic carbocycles. The van der Waals surface area contributed by atoms with Crippen LogP contribution in [0.25, 0.3) is 10.9 Å². The summed E-state index contributed by atoms with van der Waals surface area (Å²) in [6, 6.07) is 4.88. The first-order valence-corrected chi connectivity index (χ1v) is 7.70. The summed E-state index contributed by atoms with van der Waals surface area (Å²) in [4.78, 5) is 28.7. The molecule has 0 bridgehead atoms. The third kappa shape index (κ3) is 2.32. The van der Waals surface area contributed by atoms with E-state index in [-0.39, 0.29) is 11.5 Å². The van der Waals surface area contributed by atoms with Crippen LogP contribution < -0.4 is 16.2 Å². The highest BCUT2D eigenvalue weighted by Crippen LogP contribution is 2.24. The fourth-order valence-corrected chi connectivity index (χ4v) is 2.81. The van der Waals surface area contributed by atoms with Gasteiger partial charge in [0.05, 0.1) is 23.4 Å². The van der Waals surface area contributed by atoms with Crippen molar-refractivity contribution in [3.05, 3.63) is 46.6 Å². The maximum absolute atomic E-state index is 12.5. The van der Waals surface area contributed by atoms with Crippen LogP contribution in [0.1, 0.15) is 16.8 Å². The highest BCUT2D eigenvalue weighted by Gasteiger charge is 2.17. The SMILES string of the molecule is Cn1cnc2cc(C(=O)Nc3cnn4c3NCCC4)ccc2c1=O. The van der Waals surface area contributed by atoms with Crippen molar-refractivity contribution in [3.8, 4) is 0 Å². The second-order valence-corrected chi connectivity index (χ2v) is 5.76. The van der Waals surface area contributed by atoms with Gasteiger partial charge in [-0.05, 0) is 24.6 Å². The van der Waals surface area contributed by atoms with Crippen LogP contribution in [0, 0.1) is 0 Å². The standard InChI is InChI=1S/C16H16N6O2/c1-21-9-18-12-7-10(3-4-11(12)16(21)24)15(23)20-13-8-19-22-6-2-5-17-14(13)22/h3-4,7-9,17H,2,5-6H2,1H3,(H,20,23). The molecular formula is C16H16N6O2. The van der Waals surface area contributed by atoms with Gasteiger partial charge in [-0.1, -0.05) is 0 Å². The molecule has 2 N–H and O–H groups in total. The van der Waals surface area contributed by atoms with Gasteiger partial charge in [0, 0.05) is 25.7 Å². The maximum Gasteiger partial charge on any atom is 0.260 e. The molecule has 2 aromatic heterocycles. The van der Waals surface area contributed by atoms with E-state index in [4.69, 9.17) is 0 Å². The first-order valence-electron chi connectivity index (χ1n) is 7.70. The molecule has 0 radical (unpaired) electrons. The number of aromatic nitrogens is 4. The number of hydrogen-bond donors (Lipinski definition) is 2. The van der Waals surface area contributed by atoms with Gasteiger partial charge in [-0.25, -0.2) is 9.67 Å². The Hall–Kier alpha value is -3.16. The summed E-state index contributed by atoms with van der Waals surface area (Å²) in [6.07, 6.45) is 4.10. The molecule has 4 rings (SSSR count). The Kier molecular flexibility index (Phi) is 3.30. The second kappa shape index (κ2) is 5.48. The van der Waals surface area contributed by atoms with Crippen molar-refractivity contribution >= 4 is 28.3 Å². The number of hydrogen-bond acceptors (Lipinski definition) is 5. The lowest BCUT2D eigenvalue weighted by Crippen LogP contribution is -2.20. The van der Waals surface area contributed by atoms with Gasteiger partial charge >= 0.3 is 0 Å². The van der Waals surface area contributed by atoms with Crippen LogP contribution >= 0.6 is 0 Å². The number of carbonyl (C=O) groups is 1. The van der Waals surface area contributed by atoms with Crippen molar-refractivity contribution in [1.29, 1.82) is 0 Å². The minimum absolute atomic E-state index is 0.137. The van der Waals surface area contributed by atoms with Gasteiger partial charge in [-0.15, -0.1) is 0 Å². The number of anilines is 2. The first-order chi connectivity index (χ1) is 11.6.